The molecule has 5 rings (SSSR count). The first-order valence-corrected chi connectivity index (χ1v) is 13.5. The number of carbonyl (C=O) groups excluding carboxylic acids is 2. The molecule has 2 aliphatic rings. The van der Waals surface area contributed by atoms with Gasteiger partial charge in [0.15, 0.2) is 0 Å². The Labute approximate surface area is 235 Å². The fourth-order valence-corrected chi connectivity index (χ4v) is 5.01. The normalized spacial score (nSPS) is 17.2. The van der Waals surface area contributed by atoms with Crippen molar-refractivity contribution in [3.8, 4) is 11.5 Å². The van der Waals surface area contributed by atoms with E-state index in [1.165, 1.54) is 19.1 Å². The molecular formula is C29H31F3N6O3. The molecule has 2 amide bonds. The highest BCUT2D eigenvalue weighted by Crippen LogP contribution is 2.35. The standard InChI is InChI=1S/C29H31F3N6O3/c1-18-34-17-24-25(4-3-11-33-27(24)35-18)36-26-10-9-22(41-21-7-5-20(6-8-21)29(30,31)32)16-23(26)28(40)38-14-12-37(13-15-38)19(2)39/h5-10,16-17,25,36H,3-4,11-15H2,1-2H3,(H,33,34,35). The van der Waals surface area contributed by atoms with E-state index in [-0.39, 0.29) is 23.6 Å². The summed E-state index contributed by atoms with van der Waals surface area (Å²) in [5.74, 6) is 1.65. The van der Waals surface area contributed by atoms with Gasteiger partial charge >= 0.3 is 6.18 Å². The third-order valence-corrected chi connectivity index (χ3v) is 7.26. The molecule has 3 heterocycles. The van der Waals surface area contributed by atoms with E-state index in [4.69, 9.17) is 4.74 Å². The number of ether oxygens (including phenoxy) is 1. The van der Waals surface area contributed by atoms with E-state index in [0.29, 0.717) is 49.0 Å². The van der Waals surface area contributed by atoms with Crippen molar-refractivity contribution in [1.29, 1.82) is 0 Å². The SMILES string of the molecule is CC(=O)N1CCN(C(=O)c2cc(Oc3ccc(C(F)(F)F)cc3)ccc2NC2CCCNc3nc(C)ncc32)CC1. The van der Waals surface area contributed by atoms with Crippen molar-refractivity contribution in [3.05, 3.63) is 71.2 Å². The monoisotopic (exact) mass is 568 g/mol. The number of hydrogen-bond donors (Lipinski definition) is 2. The largest absolute Gasteiger partial charge is 0.457 e. The van der Waals surface area contributed by atoms with Crippen LogP contribution in [0.5, 0.6) is 11.5 Å². The Balaban J connectivity index is 1.44. The van der Waals surface area contributed by atoms with Gasteiger partial charge in [0.2, 0.25) is 5.91 Å². The third kappa shape index (κ3) is 6.53. The van der Waals surface area contributed by atoms with Crippen molar-refractivity contribution in [1.82, 2.24) is 19.8 Å². The van der Waals surface area contributed by atoms with Crippen LogP contribution >= 0.6 is 0 Å². The Kier molecular flexibility index (Phi) is 8.00. The van der Waals surface area contributed by atoms with Gasteiger partial charge in [0, 0.05) is 57.1 Å². The van der Waals surface area contributed by atoms with Crippen LogP contribution in [-0.4, -0.2) is 64.3 Å². The van der Waals surface area contributed by atoms with Gasteiger partial charge in [-0.2, -0.15) is 13.2 Å². The van der Waals surface area contributed by atoms with Crippen molar-refractivity contribution in [2.45, 2.75) is 38.9 Å². The Hall–Kier alpha value is -4.35. The van der Waals surface area contributed by atoms with Gasteiger partial charge in [0.05, 0.1) is 17.2 Å². The first-order valence-electron chi connectivity index (χ1n) is 13.5. The lowest BCUT2D eigenvalue weighted by atomic mass is 10.0. The second-order valence-corrected chi connectivity index (χ2v) is 10.1. The van der Waals surface area contributed by atoms with Crippen LogP contribution < -0.4 is 15.4 Å². The summed E-state index contributed by atoms with van der Waals surface area (Å²) in [4.78, 5) is 37.9. The first kappa shape index (κ1) is 28.2. The number of benzene rings is 2. The molecular weight excluding hydrogens is 537 g/mol. The molecule has 1 aromatic heterocycles. The lowest BCUT2D eigenvalue weighted by Gasteiger charge is -2.34. The average molecular weight is 569 g/mol. The molecule has 2 aliphatic heterocycles. The number of carbonyl (C=O) groups is 2. The molecule has 1 saturated heterocycles. The number of nitrogens with zero attached hydrogens (tertiary/aromatic N) is 4. The summed E-state index contributed by atoms with van der Waals surface area (Å²) < 4.78 is 44.8. The molecule has 0 spiro atoms. The minimum Gasteiger partial charge on any atom is -0.457 e. The highest BCUT2D eigenvalue weighted by Gasteiger charge is 2.30. The topological polar surface area (TPSA) is 99.7 Å². The molecule has 0 aliphatic carbocycles. The molecule has 0 saturated carbocycles. The summed E-state index contributed by atoms with van der Waals surface area (Å²) in [5, 5.41) is 6.86. The quantitative estimate of drug-likeness (QED) is 0.433. The van der Waals surface area contributed by atoms with Crippen molar-refractivity contribution in [2.24, 2.45) is 0 Å². The average Bonchev–Trinajstić information content (AvgIpc) is 3.14. The van der Waals surface area contributed by atoms with Gasteiger partial charge in [0.1, 0.15) is 23.1 Å². The maximum absolute atomic E-state index is 13.8. The number of hydrogen-bond acceptors (Lipinski definition) is 7. The number of amides is 2. The van der Waals surface area contributed by atoms with E-state index in [1.807, 2.05) is 6.92 Å². The number of halogens is 3. The fourth-order valence-electron chi connectivity index (χ4n) is 5.01. The second-order valence-electron chi connectivity index (χ2n) is 10.1. The van der Waals surface area contributed by atoms with E-state index >= 15 is 0 Å². The first-order chi connectivity index (χ1) is 19.6. The Bertz CT molecular complexity index is 1420. The van der Waals surface area contributed by atoms with Crippen LogP contribution in [0.3, 0.4) is 0 Å². The minimum absolute atomic E-state index is 0.0375. The van der Waals surface area contributed by atoms with Gasteiger partial charge in [-0.3, -0.25) is 9.59 Å². The molecule has 1 atom stereocenters. The molecule has 2 aromatic carbocycles. The summed E-state index contributed by atoms with van der Waals surface area (Å²) in [6, 6.07) is 9.24. The van der Waals surface area contributed by atoms with E-state index < -0.39 is 11.7 Å². The molecule has 3 aromatic rings. The van der Waals surface area contributed by atoms with Crippen molar-refractivity contribution >= 4 is 23.3 Å². The predicted molar refractivity (Wildman–Crippen MR) is 147 cm³/mol. The lowest BCUT2D eigenvalue weighted by Crippen LogP contribution is -2.50. The van der Waals surface area contributed by atoms with Crippen LogP contribution in [0, 0.1) is 6.92 Å². The zero-order valence-electron chi connectivity index (χ0n) is 22.8. The molecule has 12 heteroatoms. The van der Waals surface area contributed by atoms with Crippen molar-refractivity contribution < 1.29 is 27.5 Å². The summed E-state index contributed by atoms with van der Waals surface area (Å²) in [6.45, 7) is 5.72. The van der Waals surface area contributed by atoms with E-state index in [9.17, 15) is 22.8 Å². The van der Waals surface area contributed by atoms with Crippen LogP contribution in [0.1, 0.15) is 53.1 Å². The molecule has 41 heavy (non-hydrogen) atoms. The smallest absolute Gasteiger partial charge is 0.416 e. The zero-order chi connectivity index (χ0) is 29.1. The van der Waals surface area contributed by atoms with Crippen LogP contribution in [0.2, 0.25) is 0 Å². The lowest BCUT2D eigenvalue weighted by molar-refractivity contribution is -0.137. The van der Waals surface area contributed by atoms with Gasteiger partial charge in [-0.05, 0) is 62.2 Å². The van der Waals surface area contributed by atoms with Gasteiger partial charge in [0.25, 0.3) is 5.91 Å². The number of anilines is 2. The Morgan fingerprint density at radius 2 is 1.71 bits per heavy atom. The van der Waals surface area contributed by atoms with Gasteiger partial charge in [-0.25, -0.2) is 9.97 Å². The van der Waals surface area contributed by atoms with Crippen LogP contribution in [-0.2, 0) is 11.0 Å². The number of nitrogens with one attached hydrogen (secondary N) is 2. The van der Waals surface area contributed by atoms with Crippen molar-refractivity contribution in [2.75, 3.05) is 43.4 Å². The predicted octanol–water partition coefficient (Wildman–Crippen LogP) is 5.26. The van der Waals surface area contributed by atoms with Crippen molar-refractivity contribution in [3.63, 3.8) is 0 Å². The Morgan fingerprint density at radius 3 is 2.39 bits per heavy atom. The highest BCUT2D eigenvalue weighted by molar-refractivity contribution is 6.00. The maximum Gasteiger partial charge on any atom is 0.416 e. The maximum atomic E-state index is 13.8. The molecule has 2 N–H and O–H groups in total. The summed E-state index contributed by atoms with van der Waals surface area (Å²) >= 11 is 0. The third-order valence-electron chi connectivity index (χ3n) is 7.26. The summed E-state index contributed by atoms with van der Waals surface area (Å²) in [7, 11) is 0. The summed E-state index contributed by atoms with van der Waals surface area (Å²) in [5.41, 5.74) is 1.06. The van der Waals surface area contributed by atoms with Gasteiger partial charge in [-0.15, -0.1) is 0 Å². The number of alkyl halides is 3. The molecule has 216 valence electrons. The van der Waals surface area contributed by atoms with Gasteiger partial charge in [-0.1, -0.05) is 0 Å². The number of aryl methyl sites for hydroxylation is 1. The highest BCUT2D eigenvalue weighted by atomic mass is 19.4. The van der Waals surface area contributed by atoms with Crippen LogP contribution in [0.25, 0.3) is 0 Å². The molecule has 1 unspecified atom stereocenters. The molecule has 0 radical (unpaired) electrons. The van der Waals surface area contributed by atoms with Crippen LogP contribution in [0.4, 0.5) is 24.7 Å². The number of rotatable bonds is 5. The minimum atomic E-state index is -4.45. The van der Waals surface area contributed by atoms with Gasteiger partial charge < -0.3 is 25.2 Å². The second kappa shape index (κ2) is 11.6. The van der Waals surface area contributed by atoms with E-state index in [0.717, 1.165) is 42.9 Å². The number of piperazine rings is 1. The van der Waals surface area contributed by atoms with E-state index in [1.54, 1.807) is 34.2 Å². The van der Waals surface area contributed by atoms with Crippen LogP contribution in [0.15, 0.2) is 48.7 Å². The number of fused-ring (bicyclic) bond motifs is 1. The fraction of sp³-hybridized carbons (Fsp3) is 0.379. The zero-order valence-corrected chi connectivity index (χ0v) is 22.8. The Morgan fingerprint density at radius 1 is 1.02 bits per heavy atom. The summed E-state index contributed by atoms with van der Waals surface area (Å²) in [6.07, 6.45) is -1.01. The molecule has 9 nitrogen and oxygen atoms in total. The molecule has 0 bridgehead atoms. The van der Waals surface area contributed by atoms with E-state index in [2.05, 4.69) is 20.6 Å². The number of aromatic nitrogens is 2. The molecule has 1 fully saturated rings.